The minimum absolute atomic E-state index is 0.00930. The van der Waals surface area contributed by atoms with E-state index in [2.05, 4.69) is 23.7 Å². The Labute approximate surface area is 219 Å². The molecule has 0 aliphatic heterocycles. The SMILES string of the molecule is C=CCOc1ccc(-c2c(C#N)c(N)nc(SC(C(=O)c3ccccc3)c3ccccc3)c2C#N)cc1. The molecule has 0 spiro atoms. The molecule has 1 unspecified atom stereocenters. The summed E-state index contributed by atoms with van der Waals surface area (Å²) >= 11 is 1.14. The van der Waals surface area contributed by atoms with Crippen molar-refractivity contribution in [3.8, 4) is 29.0 Å². The van der Waals surface area contributed by atoms with Crippen LogP contribution in [0.3, 0.4) is 0 Å². The first-order valence-corrected chi connectivity index (χ1v) is 12.2. The lowest BCUT2D eigenvalue weighted by Gasteiger charge is -2.19. The molecule has 1 atom stereocenters. The normalized spacial score (nSPS) is 11.1. The van der Waals surface area contributed by atoms with Gasteiger partial charge in [-0.15, -0.1) is 0 Å². The molecule has 4 rings (SSSR count). The smallest absolute Gasteiger partial charge is 0.180 e. The number of ether oxygens (including phenoxy) is 1. The van der Waals surface area contributed by atoms with Crippen LogP contribution in [0.5, 0.6) is 5.75 Å². The zero-order chi connectivity index (χ0) is 26.2. The van der Waals surface area contributed by atoms with Crippen LogP contribution in [0.4, 0.5) is 5.82 Å². The monoisotopic (exact) mass is 502 g/mol. The molecular weight excluding hydrogens is 480 g/mol. The largest absolute Gasteiger partial charge is 0.490 e. The van der Waals surface area contributed by atoms with Gasteiger partial charge in [-0.3, -0.25) is 4.79 Å². The summed E-state index contributed by atoms with van der Waals surface area (Å²) in [4.78, 5) is 18.0. The fourth-order valence-electron chi connectivity index (χ4n) is 3.81. The predicted octanol–water partition coefficient (Wildman–Crippen LogP) is 6.36. The first kappa shape index (κ1) is 25.2. The molecule has 0 aliphatic carbocycles. The van der Waals surface area contributed by atoms with Crippen LogP contribution in [0.15, 0.2) is 103 Å². The maximum Gasteiger partial charge on any atom is 0.180 e. The van der Waals surface area contributed by atoms with Crippen molar-refractivity contribution in [1.29, 1.82) is 10.5 Å². The molecule has 1 heterocycles. The highest BCUT2D eigenvalue weighted by atomic mass is 32.2. The number of rotatable bonds is 9. The second-order valence-electron chi connectivity index (χ2n) is 7.91. The molecule has 0 bridgehead atoms. The summed E-state index contributed by atoms with van der Waals surface area (Å²) in [5.74, 6) is 0.482. The van der Waals surface area contributed by atoms with E-state index in [1.165, 1.54) is 0 Å². The number of aromatic nitrogens is 1. The molecule has 37 heavy (non-hydrogen) atoms. The van der Waals surface area contributed by atoms with Gasteiger partial charge in [0.1, 0.15) is 40.9 Å². The Morgan fingerprint density at radius 3 is 2.19 bits per heavy atom. The van der Waals surface area contributed by atoms with Gasteiger partial charge >= 0.3 is 0 Å². The molecule has 180 valence electrons. The van der Waals surface area contributed by atoms with E-state index >= 15 is 0 Å². The Hall–Kier alpha value is -4.85. The number of carbonyl (C=O) groups excluding carboxylic acids is 1. The van der Waals surface area contributed by atoms with Gasteiger partial charge in [-0.2, -0.15) is 10.5 Å². The number of hydrogen-bond acceptors (Lipinski definition) is 7. The molecule has 6 nitrogen and oxygen atoms in total. The molecular formula is C30H22N4O2S. The number of hydrogen-bond donors (Lipinski definition) is 1. The van der Waals surface area contributed by atoms with Crippen LogP contribution in [0, 0.1) is 22.7 Å². The third kappa shape index (κ3) is 5.54. The van der Waals surface area contributed by atoms with Gasteiger partial charge in [0.05, 0.1) is 10.8 Å². The highest BCUT2D eigenvalue weighted by molar-refractivity contribution is 8.00. The predicted molar refractivity (Wildman–Crippen MR) is 145 cm³/mol. The van der Waals surface area contributed by atoms with E-state index in [-0.39, 0.29) is 27.8 Å². The van der Waals surface area contributed by atoms with E-state index in [1.54, 1.807) is 54.6 Å². The lowest BCUT2D eigenvalue weighted by Crippen LogP contribution is -2.11. The number of pyridine rings is 1. The molecule has 7 heteroatoms. The Morgan fingerprint density at radius 1 is 0.973 bits per heavy atom. The highest BCUT2D eigenvalue weighted by Gasteiger charge is 2.28. The topological polar surface area (TPSA) is 113 Å². The van der Waals surface area contributed by atoms with Crippen LogP contribution in [0.2, 0.25) is 0 Å². The minimum atomic E-state index is -0.682. The third-order valence-electron chi connectivity index (χ3n) is 5.55. The van der Waals surface area contributed by atoms with E-state index in [4.69, 9.17) is 10.5 Å². The van der Waals surface area contributed by atoms with Crippen molar-refractivity contribution in [3.05, 3.63) is 120 Å². The van der Waals surface area contributed by atoms with Gasteiger partial charge in [0, 0.05) is 11.1 Å². The summed E-state index contributed by atoms with van der Waals surface area (Å²) in [7, 11) is 0. The standard InChI is InChI=1S/C30H22N4O2S/c1-2-17-36-23-15-13-20(14-16-23)26-24(18-31)29(33)34-30(25(26)19-32)37-28(22-11-7-4-8-12-22)27(35)21-9-5-3-6-10-21/h2-16,28H,1,17H2,(H2,33,34). The lowest BCUT2D eigenvalue weighted by molar-refractivity contribution is 0.0989. The quantitative estimate of drug-likeness (QED) is 0.161. The van der Waals surface area contributed by atoms with Crippen LogP contribution in [0.1, 0.15) is 32.3 Å². The fourth-order valence-corrected chi connectivity index (χ4v) is 4.99. The molecule has 0 radical (unpaired) electrons. The van der Waals surface area contributed by atoms with Crippen molar-refractivity contribution in [1.82, 2.24) is 4.98 Å². The van der Waals surface area contributed by atoms with Crippen molar-refractivity contribution in [2.75, 3.05) is 12.3 Å². The van der Waals surface area contributed by atoms with E-state index < -0.39 is 5.25 Å². The molecule has 0 saturated carbocycles. The highest BCUT2D eigenvalue weighted by Crippen LogP contribution is 2.42. The third-order valence-corrected chi connectivity index (χ3v) is 6.80. The molecule has 0 fully saturated rings. The number of ketones is 1. The maximum absolute atomic E-state index is 13.6. The van der Waals surface area contributed by atoms with Crippen molar-refractivity contribution in [2.45, 2.75) is 10.3 Å². The second kappa shape index (κ2) is 11.7. The van der Waals surface area contributed by atoms with E-state index in [9.17, 15) is 15.3 Å². The molecule has 4 aromatic rings. The Bertz CT molecular complexity index is 1510. The van der Waals surface area contributed by atoms with Gasteiger partial charge in [-0.1, -0.05) is 97.2 Å². The summed E-state index contributed by atoms with van der Waals surface area (Å²) in [6, 6.07) is 29.6. The van der Waals surface area contributed by atoms with Crippen LogP contribution in [-0.2, 0) is 0 Å². The van der Waals surface area contributed by atoms with Gasteiger partial charge in [0.25, 0.3) is 0 Å². The van der Waals surface area contributed by atoms with Gasteiger partial charge < -0.3 is 10.5 Å². The molecule has 0 amide bonds. The van der Waals surface area contributed by atoms with Crippen molar-refractivity contribution in [2.24, 2.45) is 0 Å². The number of nitrogens with zero attached hydrogens (tertiary/aromatic N) is 3. The van der Waals surface area contributed by atoms with Crippen LogP contribution in [0.25, 0.3) is 11.1 Å². The zero-order valence-corrected chi connectivity index (χ0v) is 20.6. The average Bonchev–Trinajstić information content (AvgIpc) is 2.95. The summed E-state index contributed by atoms with van der Waals surface area (Å²) < 4.78 is 5.55. The van der Waals surface area contributed by atoms with Gasteiger partial charge in [-0.25, -0.2) is 4.98 Å². The van der Waals surface area contributed by atoms with E-state index in [1.807, 2.05) is 36.4 Å². The van der Waals surface area contributed by atoms with Crippen LogP contribution >= 0.6 is 11.8 Å². The molecule has 2 N–H and O–H groups in total. The summed E-state index contributed by atoms with van der Waals surface area (Å²) in [5.41, 5.74) is 8.78. The van der Waals surface area contributed by atoms with E-state index in [0.717, 1.165) is 17.3 Å². The molecule has 0 aliphatic rings. The Balaban J connectivity index is 1.83. The number of Topliss-reactive ketones (excluding diaryl/α,β-unsaturated/α-hetero) is 1. The number of nitrogen functional groups attached to an aromatic ring is 1. The van der Waals surface area contributed by atoms with Crippen molar-refractivity contribution in [3.63, 3.8) is 0 Å². The maximum atomic E-state index is 13.6. The first-order chi connectivity index (χ1) is 18.1. The first-order valence-electron chi connectivity index (χ1n) is 11.4. The number of nitrogens with two attached hydrogens (primary N) is 1. The van der Waals surface area contributed by atoms with Crippen LogP contribution in [-0.4, -0.2) is 17.4 Å². The number of thioether (sulfide) groups is 1. The zero-order valence-electron chi connectivity index (χ0n) is 19.8. The lowest BCUT2D eigenvalue weighted by atomic mass is 9.97. The van der Waals surface area contributed by atoms with Gasteiger partial charge in [-0.05, 0) is 23.3 Å². The van der Waals surface area contributed by atoms with Gasteiger partial charge in [0.2, 0.25) is 0 Å². The van der Waals surface area contributed by atoms with Crippen molar-refractivity contribution >= 4 is 23.4 Å². The van der Waals surface area contributed by atoms with E-state index in [0.29, 0.717) is 29.0 Å². The number of carbonyl (C=O) groups is 1. The number of benzene rings is 3. The Kier molecular flexibility index (Phi) is 8.00. The molecule has 0 saturated heterocycles. The van der Waals surface area contributed by atoms with Crippen molar-refractivity contribution < 1.29 is 9.53 Å². The summed E-state index contributed by atoms with van der Waals surface area (Å²) in [5, 5.41) is 19.7. The number of anilines is 1. The number of nitriles is 2. The summed E-state index contributed by atoms with van der Waals surface area (Å²) in [6.07, 6.45) is 1.64. The molecule has 3 aromatic carbocycles. The van der Waals surface area contributed by atoms with Gasteiger partial charge in [0.15, 0.2) is 5.78 Å². The van der Waals surface area contributed by atoms with Crippen LogP contribution < -0.4 is 10.5 Å². The minimum Gasteiger partial charge on any atom is -0.490 e. The Morgan fingerprint density at radius 2 is 1.59 bits per heavy atom. The molecule has 1 aromatic heterocycles. The summed E-state index contributed by atoms with van der Waals surface area (Å²) in [6.45, 7) is 3.99. The second-order valence-corrected chi connectivity index (χ2v) is 9.01. The average molecular weight is 503 g/mol. The fraction of sp³-hybridized carbons (Fsp3) is 0.0667.